The van der Waals surface area contributed by atoms with Crippen LogP contribution in [-0.4, -0.2) is 39.3 Å². The molecule has 2 heterocycles. The summed E-state index contributed by atoms with van der Waals surface area (Å²) in [7, 11) is 6.34. The number of pyridine rings is 1. The van der Waals surface area contributed by atoms with Gasteiger partial charge in [-0.05, 0) is 52.7 Å². The third-order valence-corrected chi connectivity index (χ3v) is 6.20. The largest absolute Gasteiger partial charge is 0.493 e. The molecule has 0 saturated heterocycles. The van der Waals surface area contributed by atoms with Crippen LogP contribution in [0.3, 0.4) is 0 Å². The molecule has 0 aliphatic rings. The van der Waals surface area contributed by atoms with Gasteiger partial charge in [0.1, 0.15) is 0 Å². The van der Waals surface area contributed by atoms with E-state index >= 15 is 0 Å². The molecule has 0 spiro atoms. The van der Waals surface area contributed by atoms with Crippen LogP contribution >= 0.6 is 11.3 Å². The molecule has 1 N–H and O–H groups in total. The van der Waals surface area contributed by atoms with Crippen LogP contribution in [-0.2, 0) is 0 Å². The minimum absolute atomic E-state index is 0.191. The predicted octanol–water partition coefficient (Wildman–Crippen LogP) is 4.85. The zero-order chi connectivity index (χ0) is 23.4. The maximum atomic E-state index is 13.1. The molecule has 2 aromatic heterocycles. The highest BCUT2D eigenvalue weighted by Gasteiger charge is 2.24. The number of hydrogen-bond donors (Lipinski definition) is 1. The van der Waals surface area contributed by atoms with E-state index in [4.69, 9.17) is 18.9 Å². The fourth-order valence-electron chi connectivity index (χ4n) is 3.70. The first-order valence-corrected chi connectivity index (χ1v) is 11.0. The monoisotopic (exact) mass is 464 g/mol. The summed E-state index contributed by atoms with van der Waals surface area (Å²) in [6.07, 6.45) is 1.72. The summed E-state index contributed by atoms with van der Waals surface area (Å²) < 4.78 is 21.9. The van der Waals surface area contributed by atoms with Crippen LogP contribution in [0, 0.1) is 0 Å². The number of benzene rings is 2. The average Bonchev–Trinajstić information content (AvgIpc) is 3.41. The first kappa shape index (κ1) is 22.4. The first-order valence-electron chi connectivity index (χ1n) is 10.2. The van der Waals surface area contributed by atoms with E-state index in [0.717, 1.165) is 16.3 Å². The van der Waals surface area contributed by atoms with Gasteiger partial charge in [0.05, 0.1) is 45.1 Å². The number of ether oxygens (including phenoxy) is 4. The number of fused-ring (bicyclic) bond motifs is 1. The summed E-state index contributed by atoms with van der Waals surface area (Å²) in [5.41, 5.74) is 1.47. The minimum Gasteiger partial charge on any atom is -0.493 e. The predicted molar refractivity (Wildman–Crippen MR) is 128 cm³/mol. The quantitative estimate of drug-likeness (QED) is 0.402. The summed E-state index contributed by atoms with van der Waals surface area (Å²) in [6.45, 7) is 0. The Labute approximate surface area is 195 Å². The zero-order valence-corrected chi connectivity index (χ0v) is 19.6. The molecule has 0 fully saturated rings. The highest BCUT2D eigenvalue weighted by molar-refractivity contribution is 7.12. The maximum absolute atomic E-state index is 13.1. The Kier molecular flexibility index (Phi) is 6.65. The van der Waals surface area contributed by atoms with Crippen LogP contribution < -0.4 is 24.3 Å². The smallest absolute Gasteiger partial charge is 0.262 e. The molecule has 0 aliphatic carbocycles. The van der Waals surface area contributed by atoms with Crippen molar-refractivity contribution in [2.75, 3.05) is 28.4 Å². The Hall–Kier alpha value is -3.78. The summed E-state index contributed by atoms with van der Waals surface area (Å²) in [5.74, 6) is 2.16. The van der Waals surface area contributed by atoms with Gasteiger partial charge in [-0.2, -0.15) is 0 Å². The second-order valence-electron chi connectivity index (χ2n) is 7.12. The number of nitrogens with zero attached hydrogens (tertiary/aromatic N) is 1. The lowest BCUT2D eigenvalue weighted by Gasteiger charge is -2.22. The summed E-state index contributed by atoms with van der Waals surface area (Å²) >= 11 is 1.38. The topological polar surface area (TPSA) is 78.9 Å². The van der Waals surface area contributed by atoms with E-state index in [1.807, 2.05) is 47.8 Å². The molecule has 4 rings (SSSR count). The molecule has 170 valence electrons. The van der Waals surface area contributed by atoms with E-state index in [2.05, 4.69) is 10.3 Å². The second-order valence-corrected chi connectivity index (χ2v) is 8.07. The van der Waals surface area contributed by atoms with Gasteiger partial charge in [0, 0.05) is 11.6 Å². The van der Waals surface area contributed by atoms with Crippen molar-refractivity contribution in [3.8, 4) is 23.0 Å². The number of aromatic nitrogens is 1. The van der Waals surface area contributed by atoms with E-state index in [1.54, 1.807) is 40.7 Å². The third-order valence-electron chi connectivity index (χ3n) is 5.33. The molecule has 8 heteroatoms. The molecule has 0 aliphatic heterocycles. The highest BCUT2D eigenvalue weighted by Crippen LogP contribution is 2.38. The molecule has 0 saturated carbocycles. The molecular formula is C25H24N2O5S. The molecule has 1 amide bonds. The molecular weight excluding hydrogens is 440 g/mol. The zero-order valence-electron chi connectivity index (χ0n) is 18.7. The van der Waals surface area contributed by atoms with E-state index < -0.39 is 6.04 Å². The number of thiophene rings is 1. The van der Waals surface area contributed by atoms with Gasteiger partial charge in [-0.1, -0.05) is 12.1 Å². The van der Waals surface area contributed by atoms with E-state index in [0.29, 0.717) is 33.6 Å². The normalized spacial score (nSPS) is 11.6. The summed E-state index contributed by atoms with van der Waals surface area (Å²) in [4.78, 5) is 18.3. The number of hydrogen-bond acceptors (Lipinski definition) is 7. The molecule has 0 bridgehead atoms. The average molecular weight is 465 g/mol. The number of carbonyl (C=O) groups is 1. The van der Waals surface area contributed by atoms with Crippen molar-refractivity contribution < 1.29 is 23.7 Å². The molecule has 1 atom stereocenters. The molecule has 2 aromatic carbocycles. The lowest BCUT2D eigenvalue weighted by molar-refractivity contribution is 0.0946. The number of amides is 1. The van der Waals surface area contributed by atoms with Gasteiger partial charge in [0.15, 0.2) is 23.0 Å². The molecule has 33 heavy (non-hydrogen) atoms. The van der Waals surface area contributed by atoms with E-state index in [9.17, 15) is 4.79 Å². The number of rotatable bonds is 8. The van der Waals surface area contributed by atoms with Crippen molar-refractivity contribution in [1.29, 1.82) is 0 Å². The highest BCUT2D eigenvalue weighted by atomic mass is 32.1. The van der Waals surface area contributed by atoms with Gasteiger partial charge in [0.25, 0.3) is 5.91 Å². The van der Waals surface area contributed by atoms with Crippen molar-refractivity contribution in [3.63, 3.8) is 0 Å². The van der Waals surface area contributed by atoms with Gasteiger partial charge in [0.2, 0.25) is 0 Å². The lowest BCUT2D eigenvalue weighted by Crippen LogP contribution is -2.29. The summed E-state index contributed by atoms with van der Waals surface area (Å²) in [6, 6.07) is 14.3. The third kappa shape index (κ3) is 4.42. The Morgan fingerprint density at radius 2 is 1.58 bits per heavy atom. The van der Waals surface area contributed by atoms with Crippen molar-refractivity contribution in [3.05, 3.63) is 76.2 Å². The maximum Gasteiger partial charge on any atom is 0.262 e. The van der Waals surface area contributed by atoms with Crippen LogP contribution in [0.25, 0.3) is 10.8 Å². The Bertz CT molecular complexity index is 1270. The lowest BCUT2D eigenvalue weighted by atomic mass is 9.97. The van der Waals surface area contributed by atoms with Crippen molar-refractivity contribution in [2.24, 2.45) is 0 Å². The second kappa shape index (κ2) is 9.79. The molecule has 4 aromatic rings. The standard InChI is InChI=1S/C25H24N2O5S/c1-29-18-8-7-16(13-19(18)30-2)23(27-25(28)22-6-5-11-33-22)24-17-14-21(32-4)20(31-3)12-15(17)9-10-26-24/h5-14,23H,1-4H3,(H,27,28)/t23-/m1/s1. The van der Waals surface area contributed by atoms with Gasteiger partial charge in [-0.25, -0.2) is 0 Å². The van der Waals surface area contributed by atoms with Crippen LogP contribution in [0.1, 0.15) is 27.0 Å². The number of nitrogens with one attached hydrogen (secondary N) is 1. The molecule has 0 radical (unpaired) electrons. The van der Waals surface area contributed by atoms with Gasteiger partial charge < -0.3 is 24.3 Å². The fraction of sp³-hybridized carbons (Fsp3) is 0.200. The molecule has 7 nitrogen and oxygen atoms in total. The van der Waals surface area contributed by atoms with Crippen LogP contribution in [0.15, 0.2) is 60.1 Å². The fourth-order valence-corrected chi connectivity index (χ4v) is 4.33. The van der Waals surface area contributed by atoms with Gasteiger partial charge in [-0.15, -0.1) is 11.3 Å². The van der Waals surface area contributed by atoms with E-state index in [-0.39, 0.29) is 5.91 Å². The Morgan fingerprint density at radius 3 is 2.24 bits per heavy atom. The van der Waals surface area contributed by atoms with Crippen LogP contribution in [0.2, 0.25) is 0 Å². The Balaban J connectivity index is 1.89. The van der Waals surface area contributed by atoms with Crippen molar-refractivity contribution in [1.82, 2.24) is 10.3 Å². The van der Waals surface area contributed by atoms with Crippen LogP contribution in [0.4, 0.5) is 0 Å². The minimum atomic E-state index is -0.554. The van der Waals surface area contributed by atoms with Gasteiger partial charge >= 0.3 is 0 Å². The summed E-state index contributed by atoms with van der Waals surface area (Å²) in [5, 5.41) is 6.75. The first-order chi connectivity index (χ1) is 16.1. The number of methoxy groups -OCH3 is 4. The van der Waals surface area contributed by atoms with E-state index in [1.165, 1.54) is 11.3 Å². The van der Waals surface area contributed by atoms with Crippen molar-refractivity contribution >= 4 is 28.0 Å². The number of carbonyl (C=O) groups excluding carboxylic acids is 1. The SMILES string of the molecule is COc1ccc([C@@H](NC(=O)c2cccs2)c2nccc3cc(OC)c(OC)cc23)cc1OC. The van der Waals surface area contributed by atoms with Crippen molar-refractivity contribution in [2.45, 2.75) is 6.04 Å². The molecule has 0 unspecified atom stereocenters. The Morgan fingerprint density at radius 1 is 0.879 bits per heavy atom. The van der Waals surface area contributed by atoms with Gasteiger partial charge in [-0.3, -0.25) is 9.78 Å². The van der Waals surface area contributed by atoms with Crippen LogP contribution in [0.5, 0.6) is 23.0 Å².